The van der Waals surface area contributed by atoms with Crippen LogP contribution in [0.3, 0.4) is 0 Å². The molecule has 1 atom stereocenters. The molecule has 2 fully saturated rings. The quantitative estimate of drug-likeness (QED) is 0.787. The molecule has 1 unspecified atom stereocenters. The zero-order valence-electron chi connectivity index (χ0n) is 17.7. The summed E-state index contributed by atoms with van der Waals surface area (Å²) in [6.45, 7) is 13.5. The number of amides is 2. The molecule has 7 nitrogen and oxygen atoms in total. The van der Waals surface area contributed by atoms with Gasteiger partial charge in [0.05, 0.1) is 5.60 Å². The first-order valence-electron chi connectivity index (χ1n) is 10.3. The molecule has 2 aliphatic heterocycles. The van der Waals surface area contributed by atoms with Crippen LogP contribution in [0.5, 0.6) is 0 Å². The van der Waals surface area contributed by atoms with Crippen molar-refractivity contribution in [2.24, 2.45) is 0 Å². The SMILES string of the molecule is CCC(O)(CC)CN1CCN(C(=O)C2CCCN2C(=O)OC(C)(C)C)CC1. The maximum absolute atomic E-state index is 13.0. The molecule has 2 heterocycles. The minimum atomic E-state index is -0.648. The highest BCUT2D eigenvalue weighted by molar-refractivity contribution is 5.86. The molecule has 0 radical (unpaired) electrons. The summed E-state index contributed by atoms with van der Waals surface area (Å²) in [5.74, 6) is 0.0271. The summed E-state index contributed by atoms with van der Waals surface area (Å²) in [6, 6.07) is -0.408. The number of β-amino-alcohol motifs (C(OH)–C–C–N with tert-alkyl or cyclic N) is 1. The minimum absolute atomic E-state index is 0.0271. The highest BCUT2D eigenvalue weighted by Gasteiger charge is 2.39. The maximum Gasteiger partial charge on any atom is 0.410 e. The molecule has 0 spiro atoms. The van der Waals surface area contributed by atoms with E-state index in [1.54, 1.807) is 4.90 Å². The van der Waals surface area contributed by atoms with E-state index in [1.807, 2.05) is 39.5 Å². The molecular formula is C20H37N3O4. The summed E-state index contributed by atoms with van der Waals surface area (Å²) < 4.78 is 5.47. The van der Waals surface area contributed by atoms with E-state index in [9.17, 15) is 14.7 Å². The third-order valence-electron chi connectivity index (χ3n) is 5.68. The van der Waals surface area contributed by atoms with Gasteiger partial charge in [0.2, 0.25) is 5.91 Å². The number of piperazine rings is 1. The van der Waals surface area contributed by atoms with Crippen molar-refractivity contribution in [2.75, 3.05) is 39.3 Å². The molecule has 27 heavy (non-hydrogen) atoms. The number of rotatable bonds is 5. The molecular weight excluding hydrogens is 346 g/mol. The van der Waals surface area contributed by atoms with E-state index in [0.29, 0.717) is 32.6 Å². The second-order valence-electron chi connectivity index (χ2n) is 8.86. The average molecular weight is 384 g/mol. The van der Waals surface area contributed by atoms with Crippen molar-refractivity contribution in [3.8, 4) is 0 Å². The molecule has 2 rings (SSSR count). The summed E-state index contributed by atoms with van der Waals surface area (Å²) in [6.07, 6.45) is 2.60. The number of ether oxygens (including phenoxy) is 1. The average Bonchev–Trinajstić information content (AvgIpc) is 3.10. The second kappa shape index (κ2) is 8.78. The Morgan fingerprint density at radius 3 is 2.15 bits per heavy atom. The monoisotopic (exact) mass is 383 g/mol. The lowest BCUT2D eigenvalue weighted by Gasteiger charge is -2.40. The van der Waals surface area contributed by atoms with E-state index < -0.39 is 23.3 Å². The van der Waals surface area contributed by atoms with Gasteiger partial charge >= 0.3 is 6.09 Å². The van der Waals surface area contributed by atoms with Crippen molar-refractivity contribution in [1.29, 1.82) is 0 Å². The summed E-state index contributed by atoms with van der Waals surface area (Å²) >= 11 is 0. The third kappa shape index (κ3) is 5.82. The number of hydrogen-bond donors (Lipinski definition) is 1. The zero-order chi connectivity index (χ0) is 20.2. The third-order valence-corrected chi connectivity index (χ3v) is 5.68. The van der Waals surface area contributed by atoms with Crippen LogP contribution in [0.2, 0.25) is 0 Å². The molecule has 7 heteroatoms. The van der Waals surface area contributed by atoms with Gasteiger partial charge in [-0.2, -0.15) is 0 Å². The number of carbonyl (C=O) groups is 2. The van der Waals surface area contributed by atoms with Crippen LogP contribution in [0, 0.1) is 0 Å². The van der Waals surface area contributed by atoms with Gasteiger partial charge in [-0.15, -0.1) is 0 Å². The van der Waals surface area contributed by atoms with Crippen LogP contribution in [-0.4, -0.2) is 88.3 Å². The number of nitrogens with zero attached hydrogens (tertiary/aromatic N) is 3. The summed E-state index contributed by atoms with van der Waals surface area (Å²) in [7, 11) is 0. The van der Waals surface area contributed by atoms with Crippen LogP contribution in [-0.2, 0) is 9.53 Å². The van der Waals surface area contributed by atoms with Crippen LogP contribution < -0.4 is 0 Å². The molecule has 0 saturated carbocycles. The maximum atomic E-state index is 13.0. The fourth-order valence-corrected chi connectivity index (χ4v) is 3.79. The topological polar surface area (TPSA) is 73.3 Å². The Morgan fingerprint density at radius 1 is 1.04 bits per heavy atom. The van der Waals surface area contributed by atoms with Crippen molar-refractivity contribution in [1.82, 2.24) is 14.7 Å². The van der Waals surface area contributed by atoms with Crippen molar-refractivity contribution in [3.05, 3.63) is 0 Å². The van der Waals surface area contributed by atoms with E-state index in [0.717, 1.165) is 32.4 Å². The lowest BCUT2D eigenvalue weighted by Crippen LogP contribution is -2.56. The second-order valence-corrected chi connectivity index (χ2v) is 8.86. The number of aliphatic hydroxyl groups is 1. The molecule has 0 bridgehead atoms. The van der Waals surface area contributed by atoms with Crippen LogP contribution in [0.15, 0.2) is 0 Å². The standard InChI is InChI=1S/C20H37N3O4/c1-6-20(26,7-2)15-21-11-13-22(14-12-21)17(24)16-9-8-10-23(16)18(25)27-19(3,4)5/h16,26H,6-15H2,1-5H3. The predicted molar refractivity (Wildman–Crippen MR) is 105 cm³/mol. The highest BCUT2D eigenvalue weighted by Crippen LogP contribution is 2.23. The number of hydrogen-bond acceptors (Lipinski definition) is 5. The fraction of sp³-hybridized carbons (Fsp3) is 0.900. The van der Waals surface area contributed by atoms with E-state index in [1.165, 1.54) is 0 Å². The largest absolute Gasteiger partial charge is 0.444 e. The van der Waals surface area contributed by atoms with E-state index in [-0.39, 0.29) is 5.91 Å². The van der Waals surface area contributed by atoms with Crippen molar-refractivity contribution in [3.63, 3.8) is 0 Å². The Bertz CT molecular complexity index is 520. The van der Waals surface area contributed by atoms with Gasteiger partial charge in [0.15, 0.2) is 0 Å². The first-order valence-corrected chi connectivity index (χ1v) is 10.3. The predicted octanol–water partition coefficient (Wildman–Crippen LogP) is 2.08. The van der Waals surface area contributed by atoms with Gasteiger partial charge in [-0.05, 0) is 46.5 Å². The molecule has 2 saturated heterocycles. The minimum Gasteiger partial charge on any atom is -0.444 e. The van der Waals surface area contributed by atoms with Crippen LogP contribution in [0.4, 0.5) is 4.79 Å². The first-order chi connectivity index (χ1) is 12.6. The van der Waals surface area contributed by atoms with Gasteiger partial charge in [-0.25, -0.2) is 4.79 Å². The Balaban J connectivity index is 1.90. The number of carbonyl (C=O) groups excluding carboxylic acids is 2. The Labute approximate surface area is 163 Å². The van der Waals surface area contributed by atoms with Crippen molar-refractivity contribution >= 4 is 12.0 Å². The zero-order valence-corrected chi connectivity index (χ0v) is 17.7. The molecule has 1 N–H and O–H groups in total. The Kier molecular flexibility index (Phi) is 7.14. The first kappa shape index (κ1) is 22.0. The lowest BCUT2D eigenvalue weighted by atomic mass is 9.96. The van der Waals surface area contributed by atoms with Crippen LogP contribution in [0.25, 0.3) is 0 Å². The van der Waals surface area contributed by atoms with Gasteiger partial charge in [0.25, 0.3) is 0 Å². The summed E-state index contributed by atoms with van der Waals surface area (Å²) in [5, 5.41) is 10.5. The molecule has 0 aromatic carbocycles. The molecule has 0 aromatic heterocycles. The Hall–Kier alpha value is -1.34. The molecule has 156 valence electrons. The van der Waals surface area contributed by atoms with E-state index in [2.05, 4.69) is 4.90 Å². The molecule has 2 amide bonds. The molecule has 2 aliphatic rings. The Morgan fingerprint density at radius 2 is 1.63 bits per heavy atom. The molecule has 0 aliphatic carbocycles. The smallest absolute Gasteiger partial charge is 0.410 e. The van der Waals surface area contributed by atoms with E-state index >= 15 is 0 Å². The number of likely N-dealkylation sites (tertiary alicyclic amines) is 1. The van der Waals surface area contributed by atoms with Gasteiger partial charge in [0.1, 0.15) is 11.6 Å². The van der Waals surface area contributed by atoms with Gasteiger partial charge < -0.3 is 14.7 Å². The fourth-order valence-electron chi connectivity index (χ4n) is 3.79. The van der Waals surface area contributed by atoms with Gasteiger partial charge in [-0.3, -0.25) is 14.6 Å². The van der Waals surface area contributed by atoms with Crippen molar-refractivity contribution in [2.45, 2.75) is 77.5 Å². The van der Waals surface area contributed by atoms with Crippen LogP contribution >= 0.6 is 0 Å². The highest BCUT2D eigenvalue weighted by atomic mass is 16.6. The van der Waals surface area contributed by atoms with Gasteiger partial charge in [0, 0.05) is 39.3 Å². The van der Waals surface area contributed by atoms with E-state index in [4.69, 9.17) is 4.74 Å². The van der Waals surface area contributed by atoms with Gasteiger partial charge in [-0.1, -0.05) is 13.8 Å². The lowest BCUT2D eigenvalue weighted by molar-refractivity contribution is -0.138. The van der Waals surface area contributed by atoms with Crippen LogP contribution in [0.1, 0.15) is 60.3 Å². The summed E-state index contributed by atoms with van der Waals surface area (Å²) in [4.78, 5) is 31.1. The molecule has 0 aromatic rings. The van der Waals surface area contributed by atoms with Crippen molar-refractivity contribution < 1.29 is 19.4 Å². The summed E-state index contributed by atoms with van der Waals surface area (Å²) in [5.41, 5.74) is -1.21. The normalized spacial score (nSPS) is 22.2.